The summed E-state index contributed by atoms with van der Waals surface area (Å²) in [5.74, 6) is -2.39. The molecule has 192 valence electrons. The van der Waals surface area contributed by atoms with Crippen LogP contribution in [0.25, 0.3) is 11.1 Å². The summed E-state index contributed by atoms with van der Waals surface area (Å²) >= 11 is 0. The van der Waals surface area contributed by atoms with Crippen LogP contribution in [0.2, 0.25) is 0 Å². The van der Waals surface area contributed by atoms with Gasteiger partial charge in [-0.2, -0.15) is 0 Å². The first-order valence-corrected chi connectivity index (χ1v) is 13.1. The van der Waals surface area contributed by atoms with Gasteiger partial charge < -0.3 is 20.1 Å². The molecule has 0 amide bonds. The predicted molar refractivity (Wildman–Crippen MR) is 137 cm³/mol. The maximum absolute atomic E-state index is 13.0. The van der Waals surface area contributed by atoms with Gasteiger partial charge in [-0.15, -0.1) is 0 Å². The number of aliphatic hydroxyl groups is 2. The molecule has 36 heavy (non-hydrogen) atoms. The highest BCUT2D eigenvalue weighted by Crippen LogP contribution is 2.41. The molecule has 2 aromatic carbocycles. The number of rotatable bonds is 9. The molecule has 6 nitrogen and oxygen atoms in total. The summed E-state index contributed by atoms with van der Waals surface area (Å²) in [6, 6.07) is 16.9. The summed E-state index contributed by atoms with van der Waals surface area (Å²) in [5.41, 5.74) is 2.38. The van der Waals surface area contributed by atoms with Gasteiger partial charge in [0.2, 0.25) is 0 Å². The van der Waals surface area contributed by atoms with E-state index in [9.17, 15) is 24.9 Å². The number of carboxylic acid groups (broad SMARTS) is 1. The van der Waals surface area contributed by atoms with Crippen molar-refractivity contribution in [2.45, 2.75) is 70.0 Å². The maximum Gasteiger partial charge on any atom is 0.338 e. The molecule has 2 aromatic rings. The summed E-state index contributed by atoms with van der Waals surface area (Å²) in [5, 5.41) is 31.0. The minimum atomic E-state index is -1.05. The Morgan fingerprint density at radius 3 is 2.25 bits per heavy atom. The molecular weight excluding hydrogens is 456 g/mol. The van der Waals surface area contributed by atoms with Gasteiger partial charge >= 0.3 is 11.9 Å². The molecule has 0 aliphatic heterocycles. The van der Waals surface area contributed by atoms with Gasteiger partial charge in [0, 0.05) is 12.3 Å². The van der Waals surface area contributed by atoms with Crippen LogP contribution in [0.15, 0.2) is 66.4 Å². The van der Waals surface area contributed by atoms with Crippen LogP contribution in [-0.2, 0) is 9.53 Å². The van der Waals surface area contributed by atoms with Gasteiger partial charge in [-0.25, -0.2) is 4.79 Å². The molecule has 2 aliphatic carbocycles. The molecule has 0 unspecified atom stereocenters. The highest BCUT2D eigenvalue weighted by Gasteiger charge is 2.47. The van der Waals surface area contributed by atoms with E-state index >= 15 is 0 Å². The number of carbonyl (C=O) groups excluding carboxylic acids is 1. The van der Waals surface area contributed by atoms with E-state index in [1.807, 2.05) is 42.5 Å². The SMILES string of the molecule is O=C(O)C[C@@H]1[C@@H](C(O)=CCCC2CCCCC2)[C@H](OC(=O)c2ccc(-c3ccccc3)cc2)C[C@@H]1O. The zero-order chi connectivity index (χ0) is 25.5. The fourth-order valence-electron chi connectivity index (χ4n) is 5.78. The Morgan fingerprint density at radius 2 is 1.58 bits per heavy atom. The van der Waals surface area contributed by atoms with E-state index in [4.69, 9.17) is 4.74 Å². The number of esters is 1. The molecule has 0 bridgehead atoms. The Labute approximate surface area is 212 Å². The quantitative estimate of drug-likeness (QED) is 0.286. The molecular formula is C30H36O6. The van der Waals surface area contributed by atoms with E-state index in [2.05, 4.69) is 0 Å². The highest BCUT2D eigenvalue weighted by molar-refractivity contribution is 5.90. The molecule has 3 N–H and O–H groups in total. The van der Waals surface area contributed by atoms with Gasteiger partial charge in [-0.05, 0) is 48.1 Å². The van der Waals surface area contributed by atoms with Gasteiger partial charge in [0.05, 0.1) is 29.8 Å². The van der Waals surface area contributed by atoms with Crippen LogP contribution in [0.5, 0.6) is 0 Å². The Hall–Kier alpha value is -3.12. The van der Waals surface area contributed by atoms with Gasteiger partial charge in [0.15, 0.2) is 0 Å². The van der Waals surface area contributed by atoms with Crippen molar-refractivity contribution < 1.29 is 29.6 Å². The van der Waals surface area contributed by atoms with E-state index in [1.165, 1.54) is 32.1 Å². The van der Waals surface area contributed by atoms with Crippen molar-refractivity contribution in [3.05, 3.63) is 72.0 Å². The Morgan fingerprint density at radius 1 is 0.917 bits per heavy atom. The molecule has 4 rings (SSSR count). The minimum absolute atomic E-state index is 0.0193. The average molecular weight is 493 g/mol. The Bertz CT molecular complexity index is 1040. The molecule has 2 saturated carbocycles. The monoisotopic (exact) mass is 492 g/mol. The number of benzene rings is 2. The van der Waals surface area contributed by atoms with E-state index in [0.29, 0.717) is 17.9 Å². The fraction of sp³-hybridized carbons (Fsp3) is 0.467. The second kappa shape index (κ2) is 12.2. The largest absolute Gasteiger partial charge is 0.512 e. The van der Waals surface area contributed by atoms with E-state index in [1.54, 1.807) is 18.2 Å². The predicted octanol–water partition coefficient (Wildman–Crippen LogP) is 6.15. The number of aliphatic carboxylic acids is 1. The third-order valence-electron chi connectivity index (χ3n) is 7.72. The van der Waals surface area contributed by atoms with Gasteiger partial charge in [0.1, 0.15) is 6.10 Å². The first kappa shape index (κ1) is 26.0. The first-order chi connectivity index (χ1) is 17.4. The molecule has 0 spiro atoms. The van der Waals surface area contributed by atoms with Crippen LogP contribution in [0.1, 0.15) is 68.1 Å². The first-order valence-electron chi connectivity index (χ1n) is 13.1. The summed E-state index contributed by atoms with van der Waals surface area (Å²) < 4.78 is 5.76. The lowest BCUT2D eigenvalue weighted by atomic mass is 9.85. The molecule has 0 heterocycles. The zero-order valence-electron chi connectivity index (χ0n) is 20.6. The van der Waals surface area contributed by atoms with Gasteiger partial charge in [-0.1, -0.05) is 74.6 Å². The normalized spacial score (nSPS) is 25.0. The third kappa shape index (κ3) is 6.55. The summed E-state index contributed by atoms with van der Waals surface area (Å²) in [6.45, 7) is 0. The van der Waals surface area contributed by atoms with Crippen molar-refractivity contribution >= 4 is 11.9 Å². The summed E-state index contributed by atoms with van der Waals surface area (Å²) in [4.78, 5) is 24.4. The second-order valence-electron chi connectivity index (χ2n) is 10.2. The van der Waals surface area contributed by atoms with Crippen molar-refractivity contribution in [1.82, 2.24) is 0 Å². The molecule has 0 aromatic heterocycles. The summed E-state index contributed by atoms with van der Waals surface area (Å²) in [7, 11) is 0. The van der Waals surface area contributed by atoms with E-state index in [0.717, 1.165) is 17.5 Å². The number of carboxylic acids is 1. The average Bonchev–Trinajstić information content (AvgIpc) is 3.18. The molecule has 4 atom stereocenters. The van der Waals surface area contributed by atoms with Crippen LogP contribution < -0.4 is 0 Å². The lowest BCUT2D eigenvalue weighted by molar-refractivity contribution is -0.139. The van der Waals surface area contributed by atoms with Crippen molar-refractivity contribution in [3.63, 3.8) is 0 Å². The van der Waals surface area contributed by atoms with Gasteiger partial charge in [-0.3, -0.25) is 4.79 Å². The summed E-state index contributed by atoms with van der Waals surface area (Å²) in [6.07, 6.45) is 7.63. The Balaban J connectivity index is 1.45. The maximum atomic E-state index is 13.0. The van der Waals surface area contributed by atoms with Crippen LogP contribution in [0.3, 0.4) is 0 Å². The van der Waals surface area contributed by atoms with Crippen molar-refractivity contribution in [1.29, 1.82) is 0 Å². The lowest BCUT2D eigenvalue weighted by Gasteiger charge is -2.25. The molecule has 0 radical (unpaired) electrons. The molecule has 2 fully saturated rings. The van der Waals surface area contributed by atoms with Crippen molar-refractivity contribution in [2.24, 2.45) is 17.8 Å². The number of hydrogen-bond acceptors (Lipinski definition) is 5. The third-order valence-corrected chi connectivity index (χ3v) is 7.72. The van der Waals surface area contributed by atoms with Crippen LogP contribution in [0, 0.1) is 17.8 Å². The number of hydrogen-bond donors (Lipinski definition) is 3. The number of aliphatic hydroxyl groups excluding tert-OH is 2. The number of ether oxygens (including phenoxy) is 1. The molecule has 0 saturated heterocycles. The van der Waals surface area contributed by atoms with Crippen molar-refractivity contribution in [2.75, 3.05) is 0 Å². The molecule has 6 heteroatoms. The fourth-order valence-corrected chi connectivity index (χ4v) is 5.78. The lowest BCUT2D eigenvalue weighted by Crippen LogP contribution is -2.29. The number of carbonyl (C=O) groups is 2. The molecule has 2 aliphatic rings. The number of allylic oxidation sites excluding steroid dienone is 1. The van der Waals surface area contributed by atoms with E-state index in [-0.39, 0.29) is 18.6 Å². The Kier molecular flexibility index (Phi) is 8.81. The van der Waals surface area contributed by atoms with Crippen molar-refractivity contribution in [3.8, 4) is 11.1 Å². The van der Waals surface area contributed by atoms with Gasteiger partial charge in [0.25, 0.3) is 0 Å². The topological polar surface area (TPSA) is 104 Å². The van der Waals surface area contributed by atoms with Crippen LogP contribution in [-0.4, -0.2) is 39.5 Å². The van der Waals surface area contributed by atoms with Crippen LogP contribution in [0.4, 0.5) is 0 Å². The van der Waals surface area contributed by atoms with E-state index < -0.39 is 36.0 Å². The highest BCUT2D eigenvalue weighted by atomic mass is 16.5. The smallest absolute Gasteiger partial charge is 0.338 e. The zero-order valence-corrected chi connectivity index (χ0v) is 20.6. The minimum Gasteiger partial charge on any atom is -0.512 e. The second-order valence-corrected chi connectivity index (χ2v) is 10.2. The van der Waals surface area contributed by atoms with Crippen LogP contribution >= 0.6 is 0 Å². The standard InChI is InChI=1S/C30H36O6/c31-25(13-7-10-20-8-3-1-4-9-20)29-24(18-28(33)34)26(32)19-27(29)36-30(35)23-16-14-22(15-17-23)21-11-5-2-6-12-21/h2,5-6,11-17,20,24,26-27,29,31-32H,1,3-4,7-10,18-19H2,(H,33,34)/t24-,26-,27+,29-/m0/s1.